The Balaban J connectivity index is 1.45. The maximum atomic E-state index is 5.87. The summed E-state index contributed by atoms with van der Waals surface area (Å²) in [6.45, 7) is 8.58. The smallest absolute Gasteiger partial charge is 0.227 e. The molecule has 0 amide bonds. The average Bonchev–Trinajstić information content (AvgIpc) is 2.69. The van der Waals surface area contributed by atoms with Crippen molar-refractivity contribution in [1.82, 2.24) is 19.9 Å². The van der Waals surface area contributed by atoms with Crippen LogP contribution in [-0.2, 0) is 4.74 Å². The average molecular weight is 376 g/mol. The van der Waals surface area contributed by atoms with Crippen molar-refractivity contribution in [3.63, 3.8) is 0 Å². The molecular formula is C17H22ClN7O. The minimum Gasteiger partial charge on any atom is -0.378 e. The predicted octanol–water partition coefficient (Wildman–Crippen LogP) is 1.39. The fraction of sp³-hybridized carbons (Fsp3) is 0.529. The largest absolute Gasteiger partial charge is 0.378 e. The molecule has 0 spiro atoms. The van der Waals surface area contributed by atoms with Gasteiger partial charge in [-0.25, -0.2) is 15.0 Å². The van der Waals surface area contributed by atoms with Crippen molar-refractivity contribution in [1.29, 1.82) is 0 Å². The van der Waals surface area contributed by atoms with Crippen LogP contribution in [-0.4, -0.2) is 72.4 Å². The Labute approximate surface area is 157 Å². The number of morpholine rings is 1. The van der Waals surface area contributed by atoms with Gasteiger partial charge in [0.05, 0.1) is 30.6 Å². The van der Waals surface area contributed by atoms with Gasteiger partial charge in [0.25, 0.3) is 0 Å². The van der Waals surface area contributed by atoms with E-state index in [4.69, 9.17) is 21.3 Å². The molecular weight excluding hydrogens is 354 g/mol. The van der Waals surface area contributed by atoms with E-state index in [2.05, 4.69) is 29.7 Å². The zero-order valence-electron chi connectivity index (χ0n) is 14.8. The Morgan fingerprint density at radius 1 is 0.846 bits per heavy atom. The highest BCUT2D eigenvalue weighted by atomic mass is 35.5. The first kappa shape index (κ1) is 17.2. The molecule has 0 atom stereocenters. The second kappa shape index (κ2) is 7.59. The maximum absolute atomic E-state index is 5.87. The van der Waals surface area contributed by atoms with Gasteiger partial charge in [-0.1, -0.05) is 11.6 Å². The van der Waals surface area contributed by atoms with E-state index in [0.29, 0.717) is 11.0 Å². The molecule has 0 aromatic carbocycles. The topological polar surface area (TPSA) is 70.5 Å². The van der Waals surface area contributed by atoms with E-state index in [1.54, 1.807) is 12.4 Å². The molecule has 0 radical (unpaired) electrons. The molecule has 138 valence electrons. The van der Waals surface area contributed by atoms with E-state index >= 15 is 0 Å². The molecule has 9 heteroatoms. The number of anilines is 3. The number of hydrogen-bond donors (Lipinski definition) is 0. The van der Waals surface area contributed by atoms with Crippen molar-refractivity contribution in [2.45, 2.75) is 6.92 Å². The minimum atomic E-state index is 0.552. The van der Waals surface area contributed by atoms with E-state index in [1.165, 1.54) is 0 Å². The summed E-state index contributed by atoms with van der Waals surface area (Å²) < 4.78 is 5.44. The molecule has 0 aliphatic carbocycles. The van der Waals surface area contributed by atoms with Crippen molar-refractivity contribution < 1.29 is 4.74 Å². The number of aromatic nitrogens is 4. The Morgan fingerprint density at radius 2 is 1.46 bits per heavy atom. The van der Waals surface area contributed by atoms with Crippen LogP contribution < -0.4 is 14.7 Å². The SMILES string of the molecule is Cc1cc(N2CCOCC2)nc(N2CCN(c3ncc(Cl)cn3)CC2)n1. The van der Waals surface area contributed by atoms with Crippen molar-refractivity contribution in [3.8, 4) is 0 Å². The van der Waals surface area contributed by atoms with Gasteiger partial charge in [0.15, 0.2) is 0 Å². The fourth-order valence-electron chi connectivity index (χ4n) is 3.21. The van der Waals surface area contributed by atoms with Gasteiger partial charge < -0.3 is 19.4 Å². The summed E-state index contributed by atoms with van der Waals surface area (Å²) in [5.74, 6) is 2.50. The molecule has 0 saturated carbocycles. The molecule has 2 fully saturated rings. The monoisotopic (exact) mass is 375 g/mol. The van der Waals surface area contributed by atoms with E-state index < -0.39 is 0 Å². The number of rotatable bonds is 3. The number of hydrogen-bond acceptors (Lipinski definition) is 8. The molecule has 0 unspecified atom stereocenters. The molecule has 4 heterocycles. The second-order valence-corrected chi connectivity index (χ2v) is 6.88. The summed E-state index contributed by atoms with van der Waals surface area (Å²) >= 11 is 5.87. The first-order chi connectivity index (χ1) is 12.7. The molecule has 0 N–H and O–H groups in total. The third-order valence-electron chi connectivity index (χ3n) is 4.62. The van der Waals surface area contributed by atoms with Gasteiger partial charge in [-0.2, -0.15) is 4.98 Å². The lowest BCUT2D eigenvalue weighted by Gasteiger charge is -2.35. The van der Waals surface area contributed by atoms with Crippen LogP contribution in [0, 0.1) is 6.92 Å². The van der Waals surface area contributed by atoms with E-state index in [0.717, 1.165) is 69.9 Å². The Hall–Kier alpha value is -2.19. The highest BCUT2D eigenvalue weighted by Crippen LogP contribution is 2.20. The Kier molecular flexibility index (Phi) is 5.03. The summed E-state index contributed by atoms with van der Waals surface area (Å²) in [7, 11) is 0. The summed E-state index contributed by atoms with van der Waals surface area (Å²) in [5, 5.41) is 0.552. The number of nitrogens with zero attached hydrogens (tertiary/aromatic N) is 7. The molecule has 8 nitrogen and oxygen atoms in total. The molecule has 4 rings (SSSR count). The van der Waals surface area contributed by atoms with Gasteiger partial charge in [-0.15, -0.1) is 0 Å². The number of halogens is 1. The molecule has 0 bridgehead atoms. The molecule has 2 aliphatic heterocycles. The van der Waals surface area contributed by atoms with Crippen molar-refractivity contribution in [3.05, 3.63) is 29.2 Å². The van der Waals surface area contributed by atoms with E-state index in [1.807, 2.05) is 13.0 Å². The first-order valence-electron chi connectivity index (χ1n) is 8.85. The van der Waals surface area contributed by atoms with Crippen LogP contribution in [0.1, 0.15) is 5.69 Å². The summed E-state index contributed by atoms with van der Waals surface area (Å²) in [6, 6.07) is 2.05. The highest BCUT2D eigenvalue weighted by molar-refractivity contribution is 6.30. The van der Waals surface area contributed by atoms with Crippen LogP contribution >= 0.6 is 11.6 Å². The number of piperazine rings is 1. The third-order valence-corrected chi connectivity index (χ3v) is 4.81. The fourth-order valence-corrected chi connectivity index (χ4v) is 3.31. The third kappa shape index (κ3) is 3.81. The molecule has 2 aromatic heterocycles. The standard InChI is InChI=1S/C17H22ClN7O/c1-13-10-15(23-6-8-26-9-7-23)22-17(21-13)25-4-2-24(3-5-25)16-19-11-14(18)12-20-16/h10-12H,2-9H2,1H3. The van der Waals surface area contributed by atoms with E-state index in [-0.39, 0.29) is 0 Å². The lowest BCUT2D eigenvalue weighted by Crippen LogP contribution is -2.48. The first-order valence-corrected chi connectivity index (χ1v) is 9.23. The normalized spacial score (nSPS) is 18.3. The van der Waals surface area contributed by atoms with Gasteiger partial charge in [-0.3, -0.25) is 0 Å². The Bertz CT molecular complexity index is 743. The maximum Gasteiger partial charge on any atom is 0.227 e. The van der Waals surface area contributed by atoms with Crippen LogP contribution in [0.5, 0.6) is 0 Å². The number of ether oxygens (including phenoxy) is 1. The van der Waals surface area contributed by atoms with E-state index in [9.17, 15) is 0 Å². The van der Waals surface area contributed by atoms with Gasteiger partial charge >= 0.3 is 0 Å². The predicted molar refractivity (Wildman–Crippen MR) is 101 cm³/mol. The lowest BCUT2D eigenvalue weighted by atomic mass is 10.3. The van der Waals surface area contributed by atoms with Gasteiger partial charge in [-0.05, 0) is 6.92 Å². The highest BCUT2D eigenvalue weighted by Gasteiger charge is 2.22. The lowest BCUT2D eigenvalue weighted by molar-refractivity contribution is 0.122. The van der Waals surface area contributed by atoms with Crippen LogP contribution in [0.15, 0.2) is 18.5 Å². The quantitative estimate of drug-likeness (QED) is 0.797. The summed E-state index contributed by atoms with van der Waals surface area (Å²) in [4.78, 5) is 24.7. The van der Waals surface area contributed by atoms with Crippen LogP contribution in [0.3, 0.4) is 0 Å². The van der Waals surface area contributed by atoms with Crippen LogP contribution in [0.2, 0.25) is 5.02 Å². The van der Waals surface area contributed by atoms with Gasteiger partial charge in [0.2, 0.25) is 11.9 Å². The number of aryl methyl sites for hydroxylation is 1. The zero-order valence-corrected chi connectivity index (χ0v) is 15.6. The van der Waals surface area contributed by atoms with Gasteiger partial charge in [0.1, 0.15) is 5.82 Å². The summed E-state index contributed by atoms with van der Waals surface area (Å²) in [6.07, 6.45) is 3.27. The minimum absolute atomic E-state index is 0.552. The van der Waals surface area contributed by atoms with Crippen molar-refractivity contribution in [2.75, 3.05) is 67.2 Å². The van der Waals surface area contributed by atoms with Crippen LogP contribution in [0.4, 0.5) is 17.7 Å². The van der Waals surface area contributed by atoms with Crippen LogP contribution in [0.25, 0.3) is 0 Å². The molecule has 26 heavy (non-hydrogen) atoms. The summed E-state index contributed by atoms with van der Waals surface area (Å²) in [5.41, 5.74) is 0.986. The second-order valence-electron chi connectivity index (χ2n) is 6.44. The molecule has 2 aliphatic rings. The molecule has 2 saturated heterocycles. The van der Waals surface area contributed by atoms with Crippen molar-refractivity contribution in [2.24, 2.45) is 0 Å². The van der Waals surface area contributed by atoms with Gasteiger partial charge in [0, 0.05) is 51.0 Å². The Morgan fingerprint density at radius 3 is 2.12 bits per heavy atom. The molecule has 2 aromatic rings. The zero-order chi connectivity index (χ0) is 17.9. The van der Waals surface area contributed by atoms with Crippen molar-refractivity contribution >= 4 is 29.3 Å².